The zero-order chi connectivity index (χ0) is 45.0. The molecule has 0 aliphatic heterocycles. The van der Waals surface area contributed by atoms with E-state index in [1.165, 1.54) is 111 Å². The average Bonchev–Trinajstić information content (AvgIpc) is 3.95. The quantitative estimate of drug-likeness (QED) is 0.148. The zero-order valence-corrected chi connectivity index (χ0v) is 38.9. The van der Waals surface area contributed by atoms with Gasteiger partial charge in [-0.1, -0.05) is 210 Å². The smallest absolute Gasteiger partial charge is 0.136 e. The molecule has 1 nitrogen and oxygen atoms in total. The van der Waals surface area contributed by atoms with E-state index in [0.717, 1.165) is 36.8 Å². The van der Waals surface area contributed by atoms with Crippen LogP contribution in [0.15, 0.2) is 199 Å². The van der Waals surface area contributed by atoms with Crippen molar-refractivity contribution in [3.05, 3.63) is 250 Å². The molecule has 2 unspecified atom stereocenters. The zero-order valence-electron chi connectivity index (χ0n) is 38.9. The van der Waals surface area contributed by atoms with Crippen LogP contribution >= 0.6 is 0 Å². The molecule has 0 spiro atoms. The Hall–Kier alpha value is -7.22. The van der Waals surface area contributed by atoms with Crippen LogP contribution in [-0.2, 0) is 30.1 Å². The number of aryl methyl sites for hydroxylation is 1. The molecule has 9 aromatic carbocycles. The van der Waals surface area contributed by atoms with E-state index >= 15 is 0 Å². The Morgan fingerprint density at radius 3 is 1.96 bits per heavy atom. The maximum absolute atomic E-state index is 6.89. The number of benzene rings is 9. The third kappa shape index (κ3) is 6.20. The van der Waals surface area contributed by atoms with E-state index < -0.39 is 0 Å². The molecule has 2 atom stereocenters. The normalized spacial score (nSPS) is 16.2. The first-order valence-corrected chi connectivity index (χ1v) is 24.4. The van der Waals surface area contributed by atoms with Crippen LogP contribution in [0.3, 0.4) is 0 Å². The van der Waals surface area contributed by atoms with Gasteiger partial charge in [0.05, 0.1) is 0 Å². The van der Waals surface area contributed by atoms with E-state index in [1.807, 2.05) is 0 Å². The highest BCUT2D eigenvalue weighted by molar-refractivity contribution is 6.14. The van der Waals surface area contributed by atoms with Gasteiger partial charge in [0, 0.05) is 27.5 Å². The third-order valence-electron chi connectivity index (χ3n) is 16.3. The summed E-state index contributed by atoms with van der Waals surface area (Å²) in [6.45, 7) is 9.60. The molecule has 0 bridgehead atoms. The standard InChI is InChI=1S/C66H54O/c1-65(2)57-27-13-11-23-53(57)63-52(25-15-28-58(63)65)55(45-34-36-51-50-22-10-12-26-56(50)66(3,4)59(51)40-45)39-46-20-14-29-60-62(46)64-48(24-16-30-61(64)67-60)44-33-35-49-47-21-9-8-19-42(47)37-43(54(49)38-44)32-31-41-17-6-5-7-18-41/h5-30,33-36,38,40,43,55H,31-32,37,39H2,1-4H3. The number of hydrogen-bond donors (Lipinski definition) is 0. The Kier molecular flexibility index (Phi) is 9.07. The fraction of sp³-hybridized carbons (Fsp3) is 0.182. The molecule has 3 aliphatic rings. The van der Waals surface area contributed by atoms with Crippen LogP contribution in [0.25, 0.3) is 66.4 Å². The summed E-state index contributed by atoms with van der Waals surface area (Å²) < 4.78 is 6.89. The molecule has 0 fully saturated rings. The molecule has 1 heterocycles. The second-order valence-electron chi connectivity index (χ2n) is 20.6. The highest BCUT2D eigenvalue weighted by Gasteiger charge is 2.39. The van der Waals surface area contributed by atoms with Crippen molar-refractivity contribution in [3.63, 3.8) is 0 Å². The van der Waals surface area contributed by atoms with Gasteiger partial charge in [-0.05, 0) is 144 Å². The van der Waals surface area contributed by atoms with Crippen LogP contribution in [0.2, 0.25) is 0 Å². The van der Waals surface area contributed by atoms with Gasteiger partial charge in [0.1, 0.15) is 11.2 Å². The van der Waals surface area contributed by atoms with E-state index in [-0.39, 0.29) is 16.7 Å². The Morgan fingerprint density at radius 2 is 1.12 bits per heavy atom. The van der Waals surface area contributed by atoms with Crippen molar-refractivity contribution in [1.82, 2.24) is 0 Å². The first kappa shape index (κ1) is 40.1. The van der Waals surface area contributed by atoms with Crippen molar-refractivity contribution >= 4 is 21.9 Å². The summed E-state index contributed by atoms with van der Waals surface area (Å²) in [6, 6.07) is 73.4. The molecule has 3 aliphatic carbocycles. The molecule has 0 saturated carbocycles. The van der Waals surface area contributed by atoms with Gasteiger partial charge in [0.15, 0.2) is 0 Å². The molecular weight excluding hydrogens is 809 g/mol. The van der Waals surface area contributed by atoms with Gasteiger partial charge in [-0.3, -0.25) is 0 Å². The molecule has 1 aromatic heterocycles. The third-order valence-corrected chi connectivity index (χ3v) is 16.3. The van der Waals surface area contributed by atoms with Crippen molar-refractivity contribution in [2.45, 2.75) is 76.0 Å². The number of rotatable bonds is 8. The Labute approximate surface area is 394 Å². The van der Waals surface area contributed by atoms with Crippen LogP contribution in [0.4, 0.5) is 0 Å². The Morgan fingerprint density at radius 1 is 0.493 bits per heavy atom. The van der Waals surface area contributed by atoms with E-state index in [2.05, 4.69) is 222 Å². The van der Waals surface area contributed by atoms with Crippen molar-refractivity contribution in [3.8, 4) is 44.5 Å². The van der Waals surface area contributed by atoms with Gasteiger partial charge in [0.25, 0.3) is 0 Å². The summed E-state index contributed by atoms with van der Waals surface area (Å²) in [7, 11) is 0. The maximum atomic E-state index is 6.89. The first-order chi connectivity index (χ1) is 32.7. The second-order valence-corrected chi connectivity index (χ2v) is 20.6. The maximum Gasteiger partial charge on any atom is 0.136 e. The number of hydrogen-bond acceptors (Lipinski definition) is 1. The molecule has 0 amide bonds. The summed E-state index contributed by atoms with van der Waals surface area (Å²) in [5, 5.41) is 2.43. The minimum absolute atomic E-state index is 0.0821. The molecule has 10 aromatic rings. The van der Waals surface area contributed by atoms with Gasteiger partial charge in [0.2, 0.25) is 0 Å². The lowest BCUT2D eigenvalue weighted by Crippen LogP contribution is -2.16. The molecule has 0 radical (unpaired) electrons. The highest BCUT2D eigenvalue weighted by atomic mass is 16.3. The minimum atomic E-state index is -0.104. The lowest BCUT2D eigenvalue weighted by Gasteiger charge is -2.29. The van der Waals surface area contributed by atoms with Crippen LogP contribution in [0.5, 0.6) is 0 Å². The lowest BCUT2D eigenvalue weighted by molar-refractivity contribution is 0.616. The van der Waals surface area contributed by atoms with E-state index in [0.29, 0.717) is 5.92 Å². The Balaban J connectivity index is 0.982. The monoisotopic (exact) mass is 862 g/mol. The van der Waals surface area contributed by atoms with E-state index in [1.54, 1.807) is 0 Å². The molecule has 1 heteroatoms. The summed E-state index contributed by atoms with van der Waals surface area (Å²) in [5.41, 5.74) is 26.4. The lowest BCUT2D eigenvalue weighted by atomic mass is 9.75. The highest BCUT2D eigenvalue weighted by Crippen LogP contribution is 2.54. The fourth-order valence-electron chi connectivity index (χ4n) is 12.9. The SMILES string of the molecule is CC1(C)c2ccccc2-c2ccc(C(Cc3cccc4oc5cccc(-c6ccc7c(c6)C(CCc6ccccc6)Cc6ccccc6-7)c5c34)c3cccc4c3-c3ccccc3C4(C)C)cc21. The number of fused-ring (bicyclic) bond motifs is 12. The first-order valence-electron chi connectivity index (χ1n) is 24.4. The number of furan rings is 1. The van der Waals surface area contributed by atoms with Crippen LogP contribution < -0.4 is 0 Å². The predicted molar refractivity (Wildman–Crippen MR) is 279 cm³/mol. The Bertz CT molecular complexity index is 3600. The average molecular weight is 863 g/mol. The molecule has 0 N–H and O–H groups in total. The predicted octanol–water partition coefficient (Wildman–Crippen LogP) is 17.2. The molecule has 13 rings (SSSR count). The van der Waals surface area contributed by atoms with E-state index in [4.69, 9.17) is 4.42 Å². The summed E-state index contributed by atoms with van der Waals surface area (Å²) in [4.78, 5) is 0. The van der Waals surface area contributed by atoms with Gasteiger partial charge >= 0.3 is 0 Å². The van der Waals surface area contributed by atoms with Crippen molar-refractivity contribution in [1.29, 1.82) is 0 Å². The summed E-state index contributed by atoms with van der Waals surface area (Å²) in [6.07, 6.45) is 4.05. The summed E-state index contributed by atoms with van der Waals surface area (Å²) >= 11 is 0. The fourth-order valence-corrected chi connectivity index (χ4v) is 12.9. The summed E-state index contributed by atoms with van der Waals surface area (Å²) in [5.74, 6) is 0.507. The molecule has 324 valence electrons. The van der Waals surface area contributed by atoms with Gasteiger partial charge in [-0.2, -0.15) is 0 Å². The molecular formula is C66H54O. The topological polar surface area (TPSA) is 13.1 Å². The van der Waals surface area contributed by atoms with Crippen molar-refractivity contribution < 1.29 is 4.42 Å². The molecule has 0 saturated heterocycles. The largest absolute Gasteiger partial charge is 0.456 e. The van der Waals surface area contributed by atoms with Gasteiger partial charge in [-0.25, -0.2) is 0 Å². The second kappa shape index (κ2) is 15.2. The molecule has 67 heavy (non-hydrogen) atoms. The van der Waals surface area contributed by atoms with Crippen LogP contribution in [0.1, 0.15) is 102 Å². The van der Waals surface area contributed by atoms with Crippen LogP contribution in [0, 0.1) is 0 Å². The van der Waals surface area contributed by atoms with E-state index in [9.17, 15) is 0 Å². The van der Waals surface area contributed by atoms with Crippen LogP contribution in [-0.4, -0.2) is 0 Å². The van der Waals surface area contributed by atoms with Gasteiger partial charge < -0.3 is 4.42 Å². The minimum Gasteiger partial charge on any atom is -0.456 e. The van der Waals surface area contributed by atoms with Gasteiger partial charge in [-0.15, -0.1) is 0 Å². The van der Waals surface area contributed by atoms with Crippen molar-refractivity contribution in [2.24, 2.45) is 0 Å². The van der Waals surface area contributed by atoms with Crippen molar-refractivity contribution in [2.75, 3.05) is 0 Å².